The van der Waals surface area contributed by atoms with Crippen LogP contribution in [0.1, 0.15) is 31.1 Å². The van der Waals surface area contributed by atoms with Gasteiger partial charge in [0.1, 0.15) is 6.04 Å². The number of carbonyl (C=O) groups excluding carboxylic acids is 2. The molecular formula is C20H23NO3. The Kier molecular flexibility index (Phi) is 5.39. The summed E-state index contributed by atoms with van der Waals surface area (Å²) in [4.78, 5) is 24.8. The SMILES string of the molecule is COC(=O)[C@@H](NC(=O)c1ccccc1-c1ccccc1)C(C)(C)C. The lowest BCUT2D eigenvalue weighted by atomic mass is 9.86. The molecule has 0 aliphatic heterocycles. The molecule has 0 bridgehead atoms. The van der Waals surface area contributed by atoms with Gasteiger partial charge >= 0.3 is 5.97 Å². The number of esters is 1. The van der Waals surface area contributed by atoms with E-state index in [9.17, 15) is 9.59 Å². The van der Waals surface area contributed by atoms with Crippen molar-refractivity contribution in [1.29, 1.82) is 0 Å². The van der Waals surface area contributed by atoms with Crippen molar-refractivity contribution in [2.75, 3.05) is 7.11 Å². The van der Waals surface area contributed by atoms with Gasteiger partial charge in [-0.15, -0.1) is 0 Å². The molecule has 24 heavy (non-hydrogen) atoms. The van der Waals surface area contributed by atoms with Crippen LogP contribution in [-0.2, 0) is 9.53 Å². The Bertz CT molecular complexity index is 717. The second-order valence-electron chi connectivity index (χ2n) is 6.71. The first kappa shape index (κ1) is 17.7. The molecule has 0 aromatic heterocycles. The highest BCUT2D eigenvalue weighted by Crippen LogP contribution is 2.25. The molecule has 1 N–H and O–H groups in total. The van der Waals surface area contributed by atoms with Crippen LogP contribution >= 0.6 is 0 Å². The van der Waals surface area contributed by atoms with Crippen molar-refractivity contribution < 1.29 is 14.3 Å². The number of hydrogen-bond acceptors (Lipinski definition) is 3. The van der Waals surface area contributed by atoms with Crippen LogP contribution in [0.5, 0.6) is 0 Å². The molecule has 0 spiro atoms. The molecule has 2 aromatic rings. The van der Waals surface area contributed by atoms with E-state index < -0.39 is 17.4 Å². The largest absolute Gasteiger partial charge is 0.467 e. The number of benzene rings is 2. The fraction of sp³-hybridized carbons (Fsp3) is 0.300. The van der Waals surface area contributed by atoms with Gasteiger partial charge in [0.15, 0.2) is 0 Å². The third-order valence-corrected chi connectivity index (χ3v) is 3.83. The van der Waals surface area contributed by atoms with Gasteiger partial charge in [-0.05, 0) is 22.6 Å². The van der Waals surface area contributed by atoms with E-state index in [-0.39, 0.29) is 5.91 Å². The highest BCUT2D eigenvalue weighted by Gasteiger charge is 2.34. The maximum absolute atomic E-state index is 12.8. The summed E-state index contributed by atoms with van der Waals surface area (Å²) in [5.74, 6) is -0.743. The zero-order valence-corrected chi connectivity index (χ0v) is 14.5. The summed E-state index contributed by atoms with van der Waals surface area (Å²) in [6.07, 6.45) is 0. The van der Waals surface area contributed by atoms with Crippen LogP contribution in [0.25, 0.3) is 11.1 Å². The zero-order valence-electron chi connectivity index (χ0n) is 14.5. The lowest BCUT2D eigenvalue weighted by Crippen LogP contribution is -2.49. The smallest absolute Gasteiger partial charge is 0.328 e. The summed E-state index contributed by atoms with van der Waals surface area (Å²) in [7, 11) is 1.32. The van der Waals surface area contributed by atoms with Crippen molar-refractivity contribution in [2.45, 2.75) is 26.8 Å². The molecule has 1 amide bonds. The van der Waals surface area contributed by atoms with Gasteiger partial charge in [0, 0.05) is 5.56 Å². The summed E-state index contributed by atoms with van der Waals surface area (Å²) < 4.78 is 4.84. The monoisotopic (exact) mass is 325 g/mol. The fourth-order valence-corrected chi connectivity index (χ4v) is 2.51. The van der Waals surface area contributed by atoms with E-state index in [1.54, 1.807) is 6.07 Å². The fourth-order valence-electron chi connectivity index (χ4n) is 2.51. The van der Waals surface area contributed by atoms with Crippen molar-refractivity contribution in [1.82, 2.24) is 5.32 Å². The maximum atomic E-state index is 12.8. The van der Waals surface area contributed by atoms with Crippen LogP contribution in [-0.4, -0.2) is 25.0 Å². The van der Waals surface area contributed by atoms with Crippen molar-refractivity contribution >= 4 is 11.9 Å². The van der Waals surface area contributed by atoms with Gasteiger partial charge in [0.2, 0.25) is 0 Å². The summed E-state index contributed by atoms with van der Waals surface area (Å²) in [6, 6.07) is 16.3. The van der Waals surface area contributed by atoms with E-state index >= 15 is 0 Å². The first-order valence-electron chi connectivity index (χ1n) is 7.87. The Labute approximate surface area is 142 Å². The standard InChI is InChI=1S/C20H23NO3/c1-20(2,3)17(19(23)24-4)21-18(22)16-13-9-8-12-15(16)14-10-6-5-7-11-14/h5-13,17H,1-4H3,(H,21,22)/t17-/m1/s1. The molecule has 0 unspecified atom stereocenters. The van der Waals surface area contributed by atoms with Gasteiger partial charge in [0.05, 0.1) is 7.11 Å². The summed E-state index contributed by atoms with van der Waals surface area (Å²) in [5, 5.41) is 2.82. The minimum atomic E-state index is -0.723. The predicted molar refractivity (Wildman–Crippen MR) is 94.6 cm³/mol. The second-order valence-corrected chi connectivity index (χ2v) is 6.71. The average molecular weight is 325 g/mol. The lowest BCUT2D eigenvalue weighted by Gasteiger charge is -2.29. The first-order valence-corrected chi connectivity index (χ1v) is 7.87. The maximum Gasteiger partial charge on any atom is 0.328 e. The molecular weight excluding hydrogens is 302 g/mol. The highest BCUT2D eigenvalue weighted by atomic mass is 16.5. The summed E-state index contributed by atoms with van der Waals surface area (Å²) in [5.41, 5.74) is 1.85. The normalized spacial score (nSPS) is 12.3. The Balaban J connectivity index is 2.35. The number of nitrogens with one attached hydrogen (secondary N) is 1. The van der Waals surface area contributed by atoms with Crippen LogP contribution in [0.4, 0.5) is 0 Å². The van der Waals surface area contributed by atoms with E-state index in [4.69, 9.17) is 4.74 Å². The van der Waals surface area contributed by atoms with E-state index in [1.807, 2.05) is 69.3 Å². The third kappa shape index (κ3) is 4.02. The van der Waals surface area contributed by atoms with Crippen LogP contribution in [0.3, 0.4) is 0 Å². The predicted octanol–water partition coefficient (Wildman–Crippen LogP) is 3.67. The molecule has 1 atom stereocenters. The van der Waals surface area contributed by atoms with E-state index in [0.717, 1.165) is 11.1 Å². The minimum Gasteiger partial charge on any atom is -0.467 e. The van der Waals surface area contributed by atoms with E-state index in [1.165, 1.54) is 7.11 Å². The first-order chi connectivity index (χ1) is 11.3. The van der Waals surface area contributed by atoms with Gasteiger partial charge in [-0.1, -0.05) is 69.3 Å². The highest BCUT2D eigenvalue weighted by molar-refractivity contribution is 6.02. The molecule has 0 saturated heterocycles. The molecule has 0 aliphatic rings. The number of ether oxygens (including phenoxy) is 1. The van der Waals surface area contributed by atoms with Crippen molar-refractivity contribution in [3.05, 3.63) is 60.2 Å². The van der Waals surface area contributed by atoms with Crippen LogP contribution < -0.4 is 5.32 Å². The molecule has 0 heterocycles. The van der Waals surface area contributed by atoms with Gasteiger partial charge in [-0.3, -0.25) is 4.79 Å². The number of hydrogen-bond donors (Lipinski definition) is 1. The number of carbonyl (C=O) groups is 2. The number of amides is 1. The molecule has 2 rings (SSSR count). The molecule has 0 radical (unpaired) electrons. The van der Waals surface area contributed by atoms with E-state index in [0.29, 0.717) is 5.56 Å². The van der Waals surface area contributed by atoms with E-state index in [2.05, 4.69) is 5.32 Å². The topological polar surface area (TPSA) is 55.4 Å². The van der Waals surface area contributed by atoms with Crippen LogP contribution in [0, 0.1) is 5.41 Å². The minimum absolute atomic E-state index is 0.292. The molecule has 0 saturated carbocycles. The van der Waals surface area contributed by atoms with Gasteiger partial charge in [0.25, 0.3) is 5.91 Å². The molecule has 0 aliphatic carbocycles. The number of methoxy groups -OCH3 is 1. The van der Waals surface area contributed by atoms with Crippen LogP contribution in [0.2, 0.25) is 0 Å². The third-order valence-electron chi connectivity index (χ3n) is 3.83. The molecule has 4 nitrogen and oxygen atoms in total. The molecule has 2 aromatic carbocycles. The molecule has 0 fully saturated rings. The Morgan fingerprint density at radius 2 is 1.54 bits per heavy atom. The van der Waals surface area contributed by atoms with Crippen LogP contribution in [0.15, 0.2) is 54.6 Å². The molecule has 126 valence electrons. The van der Waals surface area contributed by atoms with Gasteiger partial charge in [-0.2, -0.15) is 0 Å². The van der Waals surface area contributed by atoms with Crippen molar-refractivity contribution in [2.24, 2.45) is 5.41 Å². The lowest BCUT2D eigenvalue weighted by molar-refractivity contribution is -0.145. The van der Waals surface area contributed by atoms with Gasteiger partial charge in [-0.25, -0.2) is 4.79 Å². The summed E-state index contributed by atoms with van der Waals surface area (Å²) in [6.45, 7) is 5.66. The zero-order chi connectivity index (χ0) is 17.7. The Hall–Kier alpha value is -2.62. The van der Waals surface area contributed by atoms with Gasteiger partial charge < -0.3 is 10.1 Å². The second kappa shape index (κ2) is 7.30. The van der Waals surface area contributed by atoms with Crippen molar-refractivity contribution in [3.8, 4) is 11.1 Å². The summed E-state index contributed by atoms with van der Waals surface area (Å²) >= 11 is 0. The number of rotatable bonds is 4. The Morgan fingerprint density at radius 3 is 2.12 bits per heavy atom. The van der Waals surface area contributed by atoms with Crippen molar-refractivity contribution in [3.63, 3.8) is 0 Å². The Morgan fingerprint density at radius 1 is 0.958 bits per heavy atom. The molecule has 4 heteroatoms. The quantitative estimate of drug-likeness (QED) is 0.873. The average Bonchev–Trinajstić information content (AvgIpc) is 2.58.